The van der Waals surface area contributed by atoms with Gasteiger partial charge >= 0.3 is 0 Å². The lowest BCUT2D eigenvalue weighted by atomic mass is 9.98. The molecule has 0 spiro atoms. The summed E-state index contributed by atoms with van der Waals surface area (Å²) in [6, 6.07) is 25.3. The highest BCUT2D eigenvalue weighted by Crippen LogP contribution is 2.52. The van der Waals surface area contributed by atoms with Crippen molar-refractivity contribution < 1.29 is 18.6 Å². The summed E-state index contributed by atoms with van der Waals surface area (Å²) in [5.41, 5.74) is 5.48. The Morgan fingerprint density at radius 3 is 1.80 bits per heavy atom. The van der Waals surface area contributed by atoms with E-state index in [2.05, 4.69) is 61.8 Å². The first-order chi connectivity index (χ1) is 19.2. The number of hydrogen-bond acceptors (Lipinski definition) is 5. The van der Waals surface area contributed by atoms with Gasteiger partial charge in [0.15, 0.2) is 0 Å². The first kappa shape index (κ1) is 27.4. The first-order valence-corrected chi connectivity index (χ1v) is 13.8. The number of nitrogens with zero attached hydrogens (tertiary/aromatic N) is 2. The monoisotopic (exact) mass is 540 g/mol. The molecule has 6 heteroatoms. The van der Waals surface area contributed by atoms with Crippen LogP contribution >= 0.6 is 0 Å². The Balaban J connectivity index is 1.61. The molecule has 0 bridgehead atoms. The smallest absolute Gasteiger partial charge is 0.134 e. The van der Waals surface area contributed by atoms with E-state index in [4.69, 9.17) is 14.2 Å². The Kier molecular flexibility index (Phi) is 7.61. The van der Waals surface area contributed by atoms with E-state index in [1.165, 1.54) is 6.07 Å². The molecule has 4 aromatic rings. The highest BCUT2D eigenvalue weighted by Gasteiger charge is 2.32. The number of anilines is 4. The average molecular weight is 541 g/mol. The molecule has 0 saturated heterocycles. The van der Waals surface area contributed by atoms with Gasteiger partial charge in [0.25, 0.3) is 0 Å². The predicted molar refractivity (Wildman–Crippen MR) is 162 cm³/mol. The molecule has 40 heavy (non-hydrogen) atoms. The fraction of sp³-hybridized carbons (Fsp3) is 0.294. The fourth-order valence-electron chi connectivity index (χ4n) is 5.33. The van der Waals surface area contributed by atoms with Gasteiger partial charge in [-0.1, -0.05) is 12.1 Å². The van der Waals surface area contributed by atoms with Gasteiger partial charge in [-0.2, -0.15) is 0 Å². The summed E-state index contributed by atoms with van der Waals surface area (Å²) < 4.78 is 32.8. The lowest BCUT2D eigenvalue weighted by Crippen LogP contribution is -2.36. The molecule has 0 N–H and O–H groups in total. The number of halogens is 1. The Bertz CT molecular complexity index is 1500. The minimum Gasteiger partial charge on any atom is -0.497 e. The molecule has 1 aliphatic rings. The van der Waals surface area contributed by atoms with Gasteiger partial charge in [-0.3, -0.25) is 0 Å². The van der Waals surface area contributed by atoms with Crippen molar-refractivity contribution >= 4 is 22.7 Å². The summed E-state index contributed by atoms with van der Waals surface area (Å²) in [4.78, 5) is 4.63. The standard InChI is InChI=1S/C34H37FN2O3/c1-21(2)36-30-18-16-27(40-26-14-12-25(38-7)13-15-26)20-32(30)37(22(3)4)29-17-11-24(19-31(29)36)34-28(35)9-8-10-33(34)39-23(5)6/h8-23H,1-7H3. The van der Waals surface area contributed by atoms with Crippen molar-refractivity contribution in [2.75, 3.05) is 16.9 Å². The van der Waals surface area contributed by atoms with Gasteiger partial charge in [0, 0.05) is 18.2 Å². The van der Waals surface area contributed by atoms with Crippen LogP contribution in [0, 0.1) is 5.82 Å². The van der Waals surface area contributed by atoms with Crippen LogP contribution in [0.1, 0.15) is 41.5 Å². The number of benzene rings is 4. The third-order valence-electron chi connectivity index (χ3n) is 6.92. The summed E-state index contributed by atoms with van der Waals surface area (Å²) in [5, 5.41) is 0. The third kappa shape index (κ3) is 5.18. The minimum atomic E-state index is -0.300. The van der Waals surface area contributed by atoms with Crippen LogP contribution in [-0.2, 0) is 0 Å². The van der Waals surface area contributed by atoms with Crippen molar-refractivity contribution in [2.45, 2.75) is 59.7 Å². The maximum Gasteiger partial charge on any atom is 0.134 e. The van der Waals surface area contributed by atoms with E-state index < -0.39 is 0 Å². The number of ether oxygens (including phenoxy) is 3. The molecule has 0 radical (unpaired) electrons. The van der Waals surface area contributed by atoms with Crippen LogP contribution in [0.25, 0.3) is 11.1 Å². The Morgan fingerprint density at radius 2 is 1.20 bits per heavy atom. The van der Waals surface area contributed by atoms with Crippen LogP contribution in [0.5, 0.6) is 23.0 Å². The lowest BCUT2D eigenvalue weighted by molar-refractivity contribution is 0.242. The van der Waals surface area contributed by atoms with E-state index in [9.17, 15) is 0 Å². The molecule has 5 nitrogen and oxygen atoms in total. The van der Waals surface area contributed by atoms with Gasteiger partial charge in [0.2, 0.25) is 0 Å². The van der Waals surface area contributed by atoms with E-state index in [-0.39, 0.29) is 24.0 Å². The highest BCUT2D eigenvalue weighted by atomic mass is 19.1. The molecule has 0 amide bonds. The Hall–Kier alpha value is -4.19. The molecule has 0 fully saturated rings. The molecular weight excluding hydrogens is 503 g/mol. The SMILES string of the molecule is COc1ccc(Oc2ccc3c(c2)N(C(C)C)c2ccc(-c4c(F)cccc4OC(C)C)cc2N3C(C)C)cc1. The van der Waals surface area contributed by atoms with Crippen LogP contribution in [0.15, 0.2) is 78.9 Å². The zero-order valence-corrected chi connectivity index (χ0v) is 24.2. The molecule has 0 saturated carbocycles. The number of hydrogen-bond donors (Lipinski definition) is 0. The van der Waals surface area contributed by atoms with E-state index in [0.29, 0.717) is 11.3 Å². The quantitative estimate of drug-likeness (QED) is 0.222. The van der Waals surface area contributed by atoms with Gasteiger partial charge in [0.05, 0.1) is 41.5 Å². The summed E-state index contributed by atoms with van der Waals surface area (Å²) in [6.07, 6.45) is -0.0667. The number of methoxy groups -OCH3 is 1. The fourth-order valence-corrected chi connectivity index (χ4v) is 5.33. The first-order valence-electron chi connectivity index (χ1n) is 13.8. The van der Waals surface area contributed by atoms with Crippen molar-refractivity contribution in [3.05, 3.63) is 84.7 Å². The maximum absolute atomic E-state index is 15.3. The van der Waals surface area contributed by atoms with Gasteiger partial charge in [-0.25, -0.2) is 4.39 Å². The van der Waals surface area contributed by atoms with Gasteiger partial charge < -0.3 is 24.0 Å². The molecule has 208 valence electrons. The molecule has 0 unspecified atom stereocenters. The highest BCUT2D eigenvalue weighted by molar-refractivity contribution is 5.96. The maximum atomic E-state index is 15.3. The van der Waals surface area contributed by atoms with Gasteiger partial charge in [0.1, 0.15) is 28.8 Å². The molecule has 1 heterocycles. The average Bonchev–Trinajstić information content (AvgIpc) is 2.91. The topological polar surface area (TPSA) is 34.2 Å². The van der Waals surface area contributed by atoms with Crippen molar-refractivity contribution in [1.82, 2.24) is 0 Å². The molecule has 0 atom stereocenters. The predicted octanol–water partition coefficient (Wildman–Crippen LogP) is 9.49. The molecule has 0 aromatic heterocycles. The molecule has 1 aliphatic heterocycles. The zero-order chi connectivity index (χ0) is 28.6. The van der Waals surface area contributed by atoms with E-state index >= 15 is 4.39 Å². The van der Waals surface area contributed by atoms with Gasteiger partial charge in [-0.15, -0.1) is 0 Å². The normalized spacial score (nSPS) is 12.6. The van der Waals surface area contributed by atoms with E-state index in [0.717, 1.165) is 45.6 Å². The van der Waals surface area contributed by atoms with E-state index in [1.807, 2.05) is 56.3 Å². The summed E-state index contributed by atoms with van der Waals surface area (Å²) >= 11 is 0. The van der Waals surface area contributed by atoms with Gasteiger partial charge in [-0.05, 0) is 108 Å². The zero-order valence-electron chi connectivity index (χ0n) is 24.2. The van der Waals surface area contributed by atoms with Crippen molar-refractivity contribution in [3.8, 4) is 34.1 Å². The largest absolute Gasteiger partial charge is 0.497 e. The summed E-state index contributed by atoms with van der Waals surface area (Å²) in [6.45, 7) is 12.6. The summed E-state index contributed by atoms with van der Waals surface area (Å²) in [7, 11) is 1.65. The van der Waals surface area contributed by atoms with Crippen LogP contribution in [0.3, 0.4) is 0 Å². The summed E-state index contributed by atoms with van der Waals surface area (Å²) in [5.74, 6) is 2.52. The number of fused-ring (bicyclic) bond motifs is 2. The van der Waals surface area contributed by atoms with Crippen LogP contribution in [-0.4, -0.2) is 25.3 Å². The molecule has 0 aliphatic carbocycles. The third-order valence-corrected chi connectivity index (χ3v) is 6.92. The Labute approximate surface area is 236 Å². The second-order valence-corrected chi connectivity index (χ2v) is 10.8. The van der Waals surface area contributed by atoms with Crippen molar-refractivity contribution in [1.29, 1.82) is 0 Å². The Morgan fingerprint density at radius 1 is 0.625 bits per heavy atom. The lowest BCUT2D eigenvalue weighted by Gasteiger charge is -2.44. The second kappa shape index (κ2) is 11.1. The number of rotatable bonds is 8. The molecule has 4 aromatic carbocycles. The minimum absolute atomic E-state index is 0.0667. The van der Waals surface area contributed by atoms with Crippen LogP contribution < -0.4 is 24.0 Å². The van der Waals surface area contributed by atoms with Crippen molar-refractivity contribution in [2.24, 2.45) is 0 Å². The van der Waals surface area contributed by atoms with Crippen LogP contribution in [0.4, 0.5) is 27.1 Å². The van der Waals surface area contributed by atoms with Crippen molar-refractivity contribution in [3.63, 3.8) is 0 Å². The molecule has 5 rings (SSSR count). The van der Waals surface area contributed by atoms with E-state index in [1.54, 1.807) is 13.2 Å². The van der Waals surface area contributed by atoms with Crippen LogP contribution in [0.2, 0.25) is 0 Å². The second-order valence-electron chi connectivity index (χ2n) is 10.8. The molecular formula is C34H37FN2O3.